The van der Waals surface area contributed by atoms with Crippen molar-refractivity contribution >= 4 is 34.6 Å². The van der Waals surface area contributed by atoms with E-state index in [1.54, 1.807) is 16.8 Å². The number of hydrogen-bond donors (Lipinski definition) is 1. The maximum atomic E-state index is 14.4. The van der Waals surface area contributed by atoms with Crippen LogP contribution in [0.25, 0.3) is 10.9 Å². The van der Waals surface area contributed by atoms with Crippen LogP contribution in [-0.2, 0) is 28.4 Å². The molecular weight excluding hydrogens is 585 g/mol. The number of benzene rings is 4. The van der Waals surface area contributed by atoms with Crippen LogP contribution in [0.3, 0.4) is 0 Å². The number of nitrogens with zero attached hydrogens (tertiary/aromatic N) is 4. The number of para-hydroxylation sites is 1. The smallest absolute Gasteiger partial charge is 0.338 e. The van der Waals surface area contributed by atoms with Gasteiger partial charge < -0.3 is 14.6 Å². The van der Waals surface area contributed by atoms with E-state index in [9.17, 15) is 9.18 Å². The monoisotopic (exact) mass is 615 g/mol. The van der Waals surface area contributed by atoms with Crippen LogP contribution < -0.4 is 5.32 Å². The van der Waals surface area contributed by atoms with Crippen molar-refractivity contribution in [2.45, 2.75) is 37.0 Å². The Morgan fingerprint density at radius 2 is 1.60 bits per heavy atom. The highest BCUT2D eigenvalue weighted by Crippen LogP contribution is 2.40. The van der Waals surface area contributed by atoms with Gasteiger partial charge in [-0.3, -0.25) is 0 Å². The first kappa shape index (κ1) is 28.6. The molecular formula is C36H30FN5O2S. The fourth-order valence-corrected chi connectivity index (χ4v) is 6.52. The maximum absolute atomic E-state index is 14.4. The van der Waals surface area contributed by atoms with Crippen molar-refractivity contribution in [2.24, 2.45) is 0 Å². The zero-order valence-corrected chi connectivity index (χ0v) is 25.4. The number of thioether (sulfide) groups is 1. The minimum atomic E-state index is -0.609. The van der Waals surface area contributed by atoms with Gasteiger partial charge in [-0.05, 0) is 35.7 Å². The number of carbonyl (C=O) groups excluding carboxylic acids is 1. The third kappa shape index (κ3) is 5.86. The molecule has 224 valence electrons. The van der Waals surface area contributed by atoms with E-state index >= 15 is 0 Å². The number of aromatic nitrogens is 4. The molecule has 0 saturated heterocycles. The first-order chi connectivity index (χ1) is 22.0. The van der Waals surface area contributed by atoms with Gasteiger partial charge in [0.15, 0.2) is 0 Å². The number of halogens is 1. The summed E-state index contributed by atoms with van der Waals surface area (Å²) in [4.78, 5) is 18.7. The minimum Gasteiger partial charge on any atom is -0.457 e. The van der Waals surface area contributed by atoms with Crippen LogP contribution in [0.1, 0.15) is 35.2 Å². The molecule has 0 bridgehead atoms. The molecule has 4 aromatic carbocycles. The molecule has 1 aliphatic rings. The molecule has 6 aromatic rings. The van der Waals surface area contributed by atoms with Crippen LogP contribution >= 0.6 is 11.8 Å². The number of esters is 1. The molecule has 9 heteroatoms. The SMILES string of the molecule is CC1=C(C(=O)OCc2ccccc2)C(c2cn(Cc3ccccc3)c3ccccc23)n2nc(SCc3ccccc3F)nc2N1. The van der Waals surface area contributed by atoms with E-state index in [-0.39, 0.29) is 12.4 Å². The average Bonchev–Trinajstić information content (AvgIpc) is 3.64. The molecule has 0 fully saturated rings. The molecule has 0 radical (unpaired) electrons. The van der Waals surface area contributed by atoms with Crippen molar-refractivity contribution in [3.63, 3.8) is 0 Å². The lowest BCUT2D eigenvalue weighted by molar-refractivity contribution is -0.140. The molecule has 0 spiro atoms. The third-order valence-corrected chi connectivity index (χ3v) is 8.78. The summed E-state index contributed by atoms with van der Waals surface area (Å²) >= 11 is 1.34. The summed E-state index contributed by atoms with van der Waals surface area (Å²) in [7, 11) is 0. The lowest BCUT2D eigenvalue weighted by Crippen LogP contribution is -2.29. The largest absolute Gasteiger partial charge is 0.457 e. The van der Waals surface area contributed by atoms with Gasteiger partial charge in [0, 0.05) is 40.7 Å². The molecule has 3 heterocycles. The van der Waals surface area contributed by atoms with E-state index in [2.05, 4.69) is 40.3 Å². The summed E-state index contributed by atoms with van der Waals surface area (Å²) in [5.74, 6) is 0.177. The number of rotatable bonds is 9. The van der Waals surface area contributed by atoms with E-state index in [1.165, 1.54) is 17.8 Å². The number of anilines is 1. The Balaban J connectivity index is 1.30. The number of carbonyl (C=O) groups is 1. The molecule has 45 heavy (non-hydrogen) atoms. The second-order valence-corrected chi connectivity index (χ2v) is 11.8. The standard InChI is InChI=1S/C36H30FN5O2S/c1-24-32(34(43)44-22-26-14-6-3-7-15-26)33(42-35(38-24)39-36(40-42)45-23-27-16-8-10-18-30(27)37)29-21-41(20-25-12-4-2-5-13-25)31-19-11-9-17-28(29)31/h2-19,21,33H,20,22-23H2,1H3,(H,38,39,40). The topological polar surface area (TPSA) is 74.0 Å². The summed E-state index contributed by atoms with van der Waals surface area (Å²) in [6.45, 7) is 2.67. The van der Waals surface area contributed by atoms with Crippen LogP contribution in [0.5, 0.6) is 0 Å². The highest BCUT2D eigenvalue weighted by Gasteiger charge is 2.37. The second-order valence-electron chi connectivity index (χ2n) is 10.9. The van der Waals surface area contributed by atoms with Crippen LogP contribution in [0, 0.1) is 5.82 Å². The average molecular weight is 616 g/mol. The van der Waals surface area contributed by atoms with Crippen molar-refractivity contribution in [3.05, 3.63) is 155 Å². The predicted octanol–water partition coefficient (Wildman–Crippen LogP) is 7.74. The summed E-state index contributed by atoms with van der Waals surface area (Å²) in [5.41, 5.74) is 5.68. The van der Waals surface area contributed by atoms with Gasteiger partial charge in [-0.2, -0.15) is 4.98 Å². The van der Waals surface area contributed by atoms with Crippen LogP contribution in [0.2, 0.25) is 0 Å². The van der Waals surface area contributed by atoms with Crippen molar-refractivity contribution in [2.75, 3.05) is 5.32 Å². The van der Waals surface area contributed by atoms with Crippen LogP contribution in [0.15, 0.2) is 132 Å². The number of allylic oxidation sites excluding steroid dienone is 1. The van der Waals surface area contributed by atoms with Gasteiger partial charge in [0.25, 0.3) is 0 Å². The molecule has 1 aliphatic heterocycles. The fourth-order valence-electron chi connectivity index (χ4n) is 5.71. The number of nitrogens with one attached hydrogen (secondary N) is 1. The van der Waals surface area contributed by atoms with Gasteiger partial charge in [-0.1, -0.05) is 109 Å². The van der Waals surface area contributed by atoms with Crippen molar-refractivity contribution < 1.29 is 13.9 Å². The normalized spacial score (nSPS) is 14.3. The van der Waals surface area contributed by atoms with Gasteiger partial charge >= 0.3 is 5.97 Å². The highest BCUT2D eigenvalue weighted by molar-refractivity contribution is 7.98. The summed E-state index contributed by atoms with van der Waals surface area (Å²) in [6.07, 6.45) is 2.10. The van der Waals surface area contributed by atoms with Crippen molar-refractivity contribution in [3.8, 4) is 0 Å². The van der Waals surface area contributed by atoms with Crippen molar-refractivity contribution in [1.29, 1.82) is 0 Å². The van der Waals surface area contributed by atoms with Gasteiger partial charge in [-0.15, -0.1) is 5.10 Å². The number of fused-ring (bicyclic) bond motifs is 2. The second kappa shape index (κ2) is 12.5. The summed E-state index contributed by atoms with van der Waals surface area (Å²) < 4.78 is 24.2. The minimum absolute atomic E-state index is 0.146. The zero-order chi connectivity index (χ0) is 30.8. The van der Waals surface area contributed by atoms with E-state index in [0.29, 0.717) is 40.2 Å². The van der Waals surface area contributed by atoms with Crippen molar-refractivity contribution in [1.82, 2.24) is 19.3 Å². The van der Waals surface area contributed by atoms with Gasteiger partial charge in [0.05, 0.1) is 5.57 Å². The Morgan fingerprint density at radius 3 is 2.38 bits per heavy atom. The number of hydrogen-bond acceptors (Lipinski definition) is 6. The molecule has 2 aromatic heterocycles. The lowest BCUT2D eigenvalue weighted by atomic mass is 9.95. The van der Waals surface area contributed by atoms with E-state index in [4.69, 9.17) is 14.8 Å². The Bertz CT molecular complexity index is 2020. The van der Waals surface area contributed by atoms with E-state index in [1.807, 2.05) is 73.7 Å². The lowest BCUT2D eigenvalue weighted by Gasteiger charge is -2.27. The Hall–Kier alpha value is -5.15. The molecule has 0 amide bonds. The van der Waals surface area contributed by atoms with E-state index < -0.39 is 12.0 Å². The summed E-state index contributed by atoms with van der Waals surface area (Å²) in [5, 5.41) is 9.64. The molecule has 7 nitrogen and oxygen atoms in total. The quantitative estimate of drug-likeness (QED) is 0.133. The highest BCUT2D eigenvalue weighted by atomic mass is 32.2. The molecule has 1 atom stereocenters. The van der Waals surface area contributed by atoms with Gasteiger partial charge in [-0.25, -0.2) is 13.9 Å². The molecule has 7 rings (SSSR count). The first-order valence-corrected chi connectivity index (χ1v) is 15.7. The first-order valence-electron chi connectivity index (χ1n) is 14.7. The van der Waals surface area contributed by atoms with Gasteiger partial charge in [0.2, 0.25) is 11.1 Å². The maximum Gasteiger partial charge on any atom is 0.338 e. The van der Waals surface area contributed by atoms with Crippen LogP contribution in [0.4, 0.5) is 10.3 Å². The molecule has 0 saturated carbocycles. The molecule has 0 aliphatic carbocycles. The molecule has 1 N–H and O–H groups in total. The molecule has 1 unspecified atom stereocenters. The van der Waals surface area contributed by atoms with Gasteiger partial charge in [0.1, 0.15) is 18.5 Å². The third-order valence-electron chi connectivity index (χ3n) is 7.89. The van der Waals surface area contributed by atoms with Crippen LogP contribution in [-0.4, -0.2) is 25.3 Å². The predicted molar refractivity (Wildman–Crippen MR) is 174 cm³/mol. The van der Waals surface area contributed by atoms with E-state index in [0.717, 1.165) is 27.6 Å². The Morgan fingerprint density at radius 1 is 0.911 bits per heavy atom. The Kier molecular flexibility index (Phi) is 7.92. The zero-order valence-electron chi connectivity index (χ0n) is 24.6. The Labute approximate surface area is 264 Å². The summed E-state index contributed by atoms with van der Waals surface area (Å²) in [6, 6.07) is 34.2. The number of ether oxygens (including phenoxy) is 1. The fraction of sp³-hybridized carbons (Fsp3) is 0.139.